The van der Waals surface area contributed by atoms with E-state index in [1.807, 2.05) is 32.0 Å². The van der Waals surface area contributed by atoms with Crippen LogP contribution in [0.15, 0.2) is 18.2 Å². The normalized spacial score (nSPS) is 16.1. The zero-order chi connectivity index (χ0) is 15.2. The Bertz CT molecular complexity index is 488. The lowest BCUT2D eigenvalue weighted by Gasteiger charge is -2.22. The molecule has 2 unspecified atom stereocenters. The molecule has 3 N–H and O–H groups in total. The number of ether oxygens (including phenoxy) is 2. The fraction of sp³-hybridized carbons (Fsp3) is 0.562. The molecule has 1 aromatic rings. The summed E-state index contributed by atoms with van der Waals surface area (Å²) in [7, 11) is 0. The second-order valence-corrected chi connectivity index (χ2v) is 5.45. The van der Waals surface area contributed by atoms with E-state index in [1.165, 1.54) is 0 Å². The SMILES string of the molecule is CCC(NC(=O)CCC(C)N)c1ccc2c(c1)OCCO2. The molecule has 1 aliphatic rings. The maximum Gasteiger partial charge on any atom is 0.220 e. The van der Waals surface area contributed by atoms with E-state index in [-0.39, 0.29) is 18.0 Å². The van der Waals surface area contributed by atoms with Crippen molar-refractivity contribution in [2.45, 2.75) is 45.2 Å². The molecule has 5 nitrogen and oxygen atoms in total. The largest absolute Gasteiger partial charge is 0.486 e. The Morgan fingerprint density at radius 3 is 2.71 bits per heavy atom. The average molecular weight is 292 g/mol. The van der Waals surface area contributed by atoms with Gasteiger partial charge in [0, 0.05) is 12.5 Å². The fourth-order valence-corrected chi connectivity index (χ4v) is 2.32. The van der Waals surface area contributed by atoms with Crippen molar-refractivity contribution in [2.75, 3.05) is 13.2 Å². The minimum Gasteiger partial charge on any atom is -0.486 e. The van der Waals surface area contributed by atoms with Crippen molar-refractivity contribution in [2.24, 2.45) is 5.73 Å². The standard InChI is InChI=1S/C16H24N2O3/c1-3-13(18-16(19)7-4-11(2)17)12-5-6-14-15(10-12)21-9-8-20-14/h5-6,10-11,13H,3-4,7-9,17H2,1-2H3,(H,18,19). The molecule has 0 saturated heterocycles. The lowest BCUT2D eigenvalue weighted by Crippen LogP contribution is -2.29. The summed E-state index contributed by atoms with van der Waals surface area (Å²) in [5.41, 5.74) is 6.72. The number of rotatable bonds is 6. The molecule has 0 fully saturated rings. The van der Waals surface area contributed by atoms with Gasteiger partial charge in [-0.05, 0) is 37.5 Å². The van der Waals surface area contributed by atoms with Crippen LogP contribution in [-0.4, -0.2) is 25.2 Å². The van der Waals surface area contributed by atoms with Crippen LogP contribution in [0.3, 0.4) is 0 Å². The summed E-state index contributed by atoms with van der Waals surface area (Å²) < 4.78 is 11.1. The number of nitrogens with one attached hydrogen (secondary N) is 1. The van der Waals surface area contributed by atoms with Crippen molar-refractivity contribution >= 4 is 5.91 Å². The summed E-state index contributed by atoms with van der Waals surface area (Å²) >= 11 is 0. The van der Waals surface area contributed by atoms with E-state index in [0.717, 1.165) is 23.5 Å². The summed E-state index contributed by atoms with van der Waals surface area (Å²) in [4.78, 5) is 12.0. The first kappa shape index (κ1) is 15.6. The lowest BCUT2D eigenvalue weighted by atomic mass is 10.0. The molecule has 0 bridgehead atoms. The van der Waals surface area contributed by atoms with Gasteiger partial charge in [-0.3, -0.25) is 4.79 Å². The van der Waals surface area contributed by atoms with Crippen LogP contribution in [0.25, 0.3) is 0 Å². The van der Waals surface area contributed by atoms with E-state index >= 15 is 0 Å². The van der Waals surface area contributed by atoms with Gasteiger partial charge in [-0.25, -0.2) is 0 Å². The average Bonchev–Trinajstić information content (AvgIpc) is 2.50. The summed E-state index contributed by atoms with van der Waals surface area (Å²) in [5.74, 6) is 1.55. The highest BCUT2D eigenvalue weighted by molar-refractivity contribution is 5.76. The number of fused-ring (bicyclic) bond motifs is 1. The van der Waals surface area contributed by atoms with Gasteiger partial charge in [0.05, 0.1) is 6.04 Å². The Morgan fingerprint density at radius 2 is 2.05 bits per heavy atom. The molecule has 0 radical (unpaired) electrons. The fourth-order valence-electron chi connectivity index (χ4n) is 2.32. The Labute approximate surface area is 125 Å². The summed E-state index contributed by atoms with van der Waals surface area (Å²) in [6.07, 6.45) is 1.98. The molecule has 0 aromatic heterocycles. The van der Waals surface area contributed by atoms with Crippen LogP contribution >= 0.6 is 0 Å². The number of carbonyl (C=O) groups is 1. The predicted octanol–water partition coefficient (Wildman–Crippen LogP) is 2.15. The van der Waals surface area contributed by atoms with Crippen molar-refractivity contribution in [1.29, 1.82) is 0 Å². The third kappa shape index (κ3) is 4.36. The molecule has 0 spiro atoms. The molecule has 1 heterocycles. The molecule has 21 heavy (non-hydrogen) atoms. The Balaban J connectivity index is 2.01. The highest BCUT2D eigenvalue weighted by atomic mass is 16.6. The number of hydrogen-bond acceptors (Lipinski definition) is 4. The molecule has 1 aliphatic heterocycles. The van der Waals surface area contributed by atoms with Crippen molar-refractivity contribution < 1.29 is 14.3 Å². The van der Waals surface area contributed by atoms with E-state index in [1.54, 1.807) is 0 Å². The molecule has 116 valence electrons. The minimum absolute atomic E-state index is 0.0126. The summed E-state index contributed by atoms with van der Waals surface area (Å²) in [5, 5.41) is 3.05. The van der Waals surface area contributed by atoms with Crippen LogP contribution in [-0.2, 0) is 4.79 Å². The molecule has 2 atom stereocenters. The first-order chi connectivity index (χ1) is 10.1. The third-order valence-electron chi connectivity index (χ3n) is 3.54. The molecule has 1 aromatic carbocycles. The molecule has 0 aliphatic carbocycles. The monoisotopic (exact) mass is 292 g/mol. The van der Waals surface area contributed by atoms with E-state index in [9.17, 15) is 4.79 Å². The second kappa shape index (κ2) is 7.31. The van der Waals surface area contributed by atoms with Crippen LogP contribution in [0.4, 0.5) is 0 Å². The Kier molecular flexibility index (Phi) is 5.44. The van der Waals surface area contributed by atoms with Gasteiger partial charge in [0.25, 0.3) is 0 Å². The van der Waals surface area contributed by atoms with E-state index in [2.05, 4.69) is 5.32 Å². The van der Waals surface area contributed by atoms with Gasteiger partial charge in [-0.1, -0.05) is 13.0 Å². The Morgan fingerprint density at radius 1 is 1.33 bits per heavy atom. The number of amides is 1. The van der Waals surface area contributed by atoms with Crippen molar-refractivity contribution in [3.05, 3.63) is 23.8 Å². The Hall–Kier alpha value is -1.75. The third-order valence-corrected chi connectivity index (χ3v) is 3.54. The molecular formula is C16H24N2O3. The van der Waals surface area contributed by atoms with E-state index in [4.69, 9.17) is 15.2 Å². The summed E-state index contributed by atoms with van der Waals surface area (Å²) in [6.45, 7) is 5.10. The number of hydrogen-bond donors (Lipinski definition) is 2. The van der Waals surface area contributed by atoms with E-state index in [0.29, 0.717) is 26.1 Å². The first-order valence-corrected chi connectivity index (χ1v) is 7.54. The van der Waals surface area contributed by atoms with Crippen molar-refractivity contribution in [3.8, 4) is 11.5 Å². The molecule has 2 rings (SSSR count). The van der Waals surface area contributed by atoms with E-state index < -0.39 is 0 Å². The van der Waals surface area contributed by atoms with Gasteiger partial charge < -0.3 is 20.5 Å². The summed E-state index contributed by atoms with van der Waals surface area (Å²) in [6, 6.07) is 5.87. The quantitative estimate of drug-likeness (QED) is 0.842. The van der Waals surface area contributed by atoms with Crippen LogP contribution in [0.2, 0.25) is 0 Å². The molecule has 0 saturated carbocycles. The first-order valence-electron chi connectivity index (χ1n) is 7.54. The van der Waals surface area contributed by atoms with Gasteiger partial charge in [0.2, 0.25) is 5.91 Å². The van der Waals surface area contributed by atoms with Gasteiger partial charge in [-0.2, -0.15) is 0 Å². The van der Waals surface area contributed by atoms with Gasteiger partial charge in [0.1, 0.15) is 13.2 Å². The zero-order valence-electron chi connectivity index (χ0n) is 12.7. The van der Waals surface area contributed by atoms with Crippen molar-refractivity contribution in [1.82, 2.24) is 5.32 Å². The highest BCUT2D eigenvalue weighted by Gasteiger charge is 2.17. The minimum atomic E-state index is -0.0126. The number of carbonyl (C=O) groups excluding carboxylic acids is 1. The van der Waals surface area contributed by atoms with Gasteiger partial charge in [0.15, 0.2) is 11.5 Å². The predicted molar refractivity (Wildman–Crippen MR) is 81.5 cm³/mol. The number of benzene rings is 1. The highest BCUT2D eigenvalue weighted by Crippen LogP contribution is 2.33. The van der Waals surface area contributed by atoms with Crippen LogP contribution in [0.5, 0.6) is 11.5 Å². The molecule has 5 heteroatoms. The van der Waals surface area contributed by atoms with Crippen molar-refractivity contribution in [3.63, 3.8) is 0 Å². The maximum absolute atomic E-state index is 12.0. The molecular weight excluding hydrogens is 268 g/mol. The van der Waals surface area contributed by atoms with Crippen LogP contribution in [0.1, 0.15) is 44.7 Å². The topological polar surface area (TPSA) is 73.6 Å². The maximum atomic E-state index is 12.0. The smallest absolute Gasteiger partial charge is 0.220 e. The zero-order valence-corrected chi connectivity index (χ0v) is 12.7. The lowest BCUT2D eigenvalue weighted by molar-refractivity contribution is -0.122. The second-order valence-electron chi connectivity index (χ2n) is 5.45. The van der Waals surface area contributed by atoms with Gasteiger partial charge in [-0.15, -0.1) is 0 Å². The number of nitrogens with two attached hydrogens (primary N) is 1. The molecule has 1 amide bonds. The van der Waals surface area contributed by atoms with Gasteiger partial charge >= 0.3 is 0 Å². The van der Waals surface area contributed by atoms with Crippen LogP contribution < -0.4 is 20.5 Å². The van der Waals surface area contributed by atoms with Crippen LogP contribution in [0, 0.1) is 0 Å².